The predicted octanol–water partition coefficient (Wildman–Crippen LogP) is 3.06. The van der Waals surface area contributed by atoms with Crippen LogP contribution in [0.4, 0.5) is 13.6 Å². The number of benzene rings is 2. The molecule has 2 aromatic carbocycles. The predicted molar refractivity (Wildman–Crippen MR) is 90.5 cm³/mol. The Hall–Kier alpha value is -2.96. The number of carbonyl (C=O) groups excluding carboxylic acids is 2. The molecule has 2 amide bonds. The zero-order valence-corrected chi connectivity index (χ0v) is 14.0. The van der Waals surface area contributed by atoms with E-state index in [-0.39, 0.29) is 18.1 Å². The van der Waals surface area contributed by atoms with E-state index in [1.165, 1.54) is 15.9 Å². The average molecular weight is 360 g/mol. The molecule has 0 radical (unpaired) electrons. The molecule has 0 N–H and O–H groups in total. The van der Waals surface area contributed by atoms with Gasteiger partial charge in [-0.1, -0.05) is 30.3 Å². The molecule has 0 unspecified atom stereocenters. The van der Waals surface area contributed by atoms with E-state index in [0.717, 1.165) is 17.7 Å². The van der Waals surface area contributed by atoms with Crippen LogP contribution in [0.15, 0.2) is 48.5 Å². The van der Waals surface area contributed by atoms with Crippen molar-refractivity contribution < 1.29 is 23.1 Å². The fraction of sp³-hybridized carbons (Fsp3) is 0.263. The van der Waals surface area contributed by atoms with Gasteiger partial charge in [-0.05, 0) is 23.8 Å². The summed E-state index contributed by atoms with van der Waals surface area (Å²) in [5.74, 6) is -2.44. The third-order valence-electron chi connectivity index (χ3n) is 4.20. The number of carbonyl (C=O) groups is 2. The molecule has 0 saturated carbocycles. The fourth-order valence-electron chi connectivity index (χ4n) is 2.71. The Labute approximate surface area is 149 Å². The summed E-state index contributed by atoms with van der Waals surface area (Å²) in [5, 5.41) is 0. The topological polar surface area (TPSA) is 49.9 Å². The van der Waals surface area contributed by atoms with E-state index in [2.05, 4.69) is 0 Å². The number of ether oxygens (including phenoxy) is 1. The highest BCUT2D eigenvalue weighted by atomic mass is 19.2. The molecule has 2 aromatic rings. The maximum absolute atomic E-state index is 13.3. The molecule has 3 rings (SSSR count). The lowest BCUT2D eigenvalue weighted by Gasteiger charge is -2.34. The molecule has 7 heteroatoms. The Balaban J connectivity index is 1.51. The van der Waals surface area contributed by atoms with E-state index in [9.17, 15) is 18.4 Å². The smallest absolute Gasteiger partial charge is 0.410 e. The summed E-state index contributed by atoms with van der Waals surface area (Å²) >= 11 is 0. The largest absolute Gasteiger partial charge is 0.445 e. The summed E-state index contributed by atoms with van der Waals surface area (Å²) in [6.45, 7) is 1.44. The van der Waals surface area contributed by atoms with Crippen molar-refractivity contribution in [2.45, 2.75) is 6.61 Å². The van der Waals surface area contributed by atoms with Crippen LogP contribution in [-0.4, -0.2) is 48.0 Å². The molecule has 1 aliphatic heterocycles. The minimum absolute atomic E-state index is 0.0870. The summed E-state index contributed by atoms with van der Waals surface area (Å²) in [4.78, 5) is 27.5. The first-order valence-corrected chi connectivity index (χ1v) is 8.24. The third kappa shape index (κ3) is 4.17. The van der Waals surface area contributed by atoms with Gasteiger partial charge in [0.15, 0.2) is 11.6 Å². The summed E-state index contributed by atoms with van der Waals surface area (Å²) < 4.78 is 31.5. The quantitative estimate of drug-likeness (QED) is 0.845. The number of hydrogen-bond donors (Lipinski definition) is 0. The van der Waals surface area contributed by atoms with Gasteiger partial charge in [0.1, 0.15) is 6.61 Å². The summed E-state index contributed by atoms with van der Waals surface area (Å²) in [6, 6.07) is 12.4. The molecular formula is C19H18F2N2O3. The number of nitrogens with zero attached hydrogens (tertiary/aromatic N) is 2. The van der Waals surface area contributed by atoms with Crippen molar-refractivity contribution in [2.24, 2.45) is 0 Å². The molecule has 0 aromatic heterocycles. The second-order valence-electron chi connectivity index (χ2n) is 5.95. The van der Waals surface area contributed by atoms with Gasteiger partial charge in [0.25, 0.3) is 5.91 Å². The zero-order chi connectivity index (χ0) is 18.5. The lowest BCUT2D eigenvalue weighted by Crippen LogP contribution is -2.50. The van der Waals surface area contributed by atoms with Gasteiger partial charge >= 0.3 is 6.09 Å². The second-order valence-corrected chi connectivity index (χ2v) is 5.95. The Kier molecular flexibility index (Phi) is 5.46. The van der Waals surface area contributed by atoms with E-state index in [0.29, 0.717) is 26.2 Å². The normalized spacial score (nSPS) is 14.2. The maximum Gasteiger partial charge on any atom is 0.410 e. The first kappa shape index (κ1) is 17.8. The van der Waals surface area contributed by atoms with Crippen molar-refractivity contribution in [2.75, 3.05) is 26.2 Å². The highest BCUT2D eigenvalue weighted by Crippen LogP contribution is 2.13. The first-order chi connectivity index (χ1) is 12.5. The average Bonchev–Trinajstić information content (AvgIpc) is 2.68. The zero-order valence-electron chi connectivity index (χ0n) is 14.0. The monoisotopic (exact) mass is 360 g/mol. The van der Waals surface area contributed by atoms with Crippen molar-refractivity contribution >= 4 is 12.0 Å². The molecule has 5 nitrogen and oxygen atoms in total. The lowest BCUT2D eigenvalue weighted by molar-refractivity contribution is 0.0543. The lowest BCUT2D eigenvalue weighted by atomic mass is 10.1. The third-order valence-corrected chi connectivity index (χ3v) is 4.20. The van der Waals surface area contributed by atoms with Crippen molar-refractivity contribution in [3.63, 3.8) is 0 Å². The number of piperazine rings is 1. The van der Waals surface area contributed by atoms with Gasteiger partial charge in [0, 0.05) is 31.7 Å². The molecule has 1 fully saturated rings. The minimum atomic E-state index is -1.06. The van der Waals surface area contributed by atoms with Gasteiger partial charge in [-0.15, -0.1) is 0 Å². The molecule has 26 heavy (non-hydrogen) atoms. The SMILES string of the molecule is O=C(OCc1ccccc1)N1CCN(C(=O)c2ccc(F)c(F)c2)CC1. The molecule has 0 atom stereocenters. The fourth-order valence-corrected chi connectivity index (χ4v) is 2.71. The Bertz CT molecular complexity index is 791. The van der Waals surface area contributed by atoms with Crippen LogP contribution in [0.1, 0.15) is 15.9 Å². The van der Waals surface area contributed by atoms with E-state index in [1.807, 2.05) is 30.3 Å². The van der Waals surface area contributed by atoms with Gasteiger partial charge in [-0.2, -0.15) is 0 Å². The Morgan fingerprint density at radius 2 is 1.54 bits per heavy atom. The molecule has 1 saturated heterocycles. The van der Waals surface area contributed by atoms with E-state index < -0.39 is 17.7 Å². The summed E-state index contributed by atoms with van der Waals surface area (Å²) in [7, 11) is 0. The molecule has 0 aliphatic carbocycles. The van der Waals surface area contributed by atoms with Crippen LogP contribution in [0.25, 0.3) is 0 Å². The van der Waals surface area contributed by atoms with Crippen LogP contribution < -0.4 is 0 Å². The number of rotatable bonds is 3. The molecular weight excluding hydrogens is 342 g/mol. The number of halogens is 2. The number of amides is 2. The standard InChI is InChI=1S/C19H18F2N2O3/c20-16-7-6-15(12-17(16)21)18(24)22-8-10-23(11-9-22)19(25)26-13-14-4-2-1-3-5-14/h1-7,12H,8-11,13H2. The highest BCUT2D eigenvalue weighted by Gasteiger charge is 2.26. The van der Waals surface area contributed by atoms with Gasteiger partial charge in [0.2, 0.25) is 0 Å². The highest BCUT2D eigenvalue weighted by molar-refractivity contribution is 5.94. The van der Waals surface area contributed by atoms with Gasteiger partial charge in [0.05, 0.1) is 0 Å². The molecule has 0 bridgehead atoms. The molecule has 1 aliphatic rings. The Morgan fingerprint density at radius 3 is 2.19 bits per heavy atom. The first-order valence-electron chi connectivity index (χ1n) is 8.24. The van der Waals surface area contributed by atoms with Crippen molar-refractivity contribution in [1.29, 1.82) is 0 Å². The van der Waals surface area contributed by atoms with Crippen LogP contribution in [0, 0.1) is 11.6 Å². The summed E-state index contributed by atoms with van der Waals surface area (Å²) in [6.07, 6.45) is -0.436. The molecule has 136 valence electrons. The summed E-state index contributed by atoms with van der Waals surface area (Å²) in [5.41, 5.74) is 0.983. The van der Waals surface area contributed by atoms with Crippen LogP contribution in [0.2, 0.25) is 0 Å². The van der Waals surface area contributed by atoms with Gasteiger partial charge in [-0.25, -0.2) is 13.6 Å². The van der Waals surface area contributed by atoms with E-state index >= 15 is 0 Å². The number of hydrogen-bond acceptors (Lipinski definition) is 3. The minimum Gasteiger partial charge on any atom is -0.445 e. The maximum atomic E-state index is 13.3. The Morgan fingerprint density at radius 1 is 0.885 bits per heavy atom. The van der Waals surface area contributed by atoms with Crippen molar-refractivity contribution in [1.82, 2.24) is 9.80 Å². The van der Waals surface area contributed by atoms with Crippen LogP contribution >= 0.6 is 0 Å². The van der Waals surface area contributed by atoms with Crippen LogP contribution in [-0.2, 0) is 11.3 Å². The van der Waals surface area contributed by atoms with E-state index in [4.69, 9.17) is 4.74 Å². The van der Waals surface area contributed by atoms with E-state index in [1.54, 1.807) is 0 Å². The molecule has 0 spiro atoms. The van der Waals surface area contributed by atoms with Gasteiger partial charge in [-0.3, -0.25) is 4.79 Å². The van der Waals surface area contributed by atoms with Crippen LogP contribution in [0.5, 0.6) is 0 Å². The van der Waals surface area contributed by atoms with Gasteiger partial charge < -0.3 is 14.5 Å². The second kappa shape index (κ2) is 7.95. The van der Waals surface area contributed by atoms with Crippen LogP contribution in [0.3, 0.4) is 0 Å². The molecule has 1 heterocycles. The van der Waals surface area contributed by atoms with Crippen molar-refractivity contribution in [3.8, 4) is 0 Å². The van der Waals surface area contributed by atoms with Crippen molar-refractivity contribution in [3.05, 3.63) is 71.3 Å².